The molecule has 0 saturated heterocycles. The van der Waals surface area contributed by atoms with Gasteiger partial charge in [0, 0.05) is 13.6 Å². The Bertz CT molecular complexity index is 516. The Labute approximate surface area is 123 Å². The summed E-state index contributed by atoms with van der Waals surface area (Å²) in [5, 5.41) is 14.4. The van der Waals surface area contributed by atoms with Gasteiger partial charge in [0.2, 0.25) is 11.8 Å². The summed E-state index contributed by atoms with van der Waals surface area (Å²) < 4.78 is 0. The highest BCUT2D eigenvalue weighted by molar-refractivity contribution is 6.07. The minimum Gasteiger partial charge on any atom is -0.409 e. The number of nitrogens with one attached hydrogen (secondary N) is 1. The van der Waals surface area contributed by atoms with Gasteiger partial charge in [0.05, 0.1) is 6.54 Å². The van der Waals surface area contributed by atoms with Crippen molar-refractivity contribution in [3.8, 4) is 0 Å². The molecular formula is C14H20N4O3. The predicted octanol–water partition coefficient (Wildman–Crippen LogP) is 0.111. The molecule has 0 heterocycles. The van der Waals surface area contributed by atoms with Crippen LogP contribution in [0.5, 0.6) is 0 Å². The molecule has 1 aromatic carbocycles. The zero-order valence-corrected chi connectivity index (χ0v) is 12.1. The molecular weight excluding hydrogens is 272 g/mol. The van der Waals surface area contributed by atoms with E-state index in [9.17, 15) is 9.59 Å². The van der Waals surface area contributed by atoms with E-state index in [-0.39, 0.29) is 18.3 Å². The van der Waals surface area contributed by atoms with Crippen LogP contribution in [0.25, 0.3) is 0 Å². The Kier molecular flexibility index (Phi) is 6.19. The number of amidine groups is 1. The van der Waals surface area contributed by atoms with Crippen molar-refractivity contribution in [2.75, 3.05) is 20.1 Å². The number of carbonyl (C=O) groups excluding carboxylic acids is 2. The lowest BCUT2D eigenvalue weighted by atomic mass is 9.96. The number of oxime groups is 1. The van der Waals surface area contributed by atoms with Gasteiger partial charge >= 0.3 is 0 Å². The molecule has 0 aliphatic heterocycles. The average Bonchev–Trinajstić information content (AvgIpc) is 2.48. The smallest absolute Gasteiger partial charge is 0.239 e. The maximum atomic E-state index is 12.5. The number of rotatable bonds is 6. The normalized spacial score (nSPS) is 12.6. The molecule has 1 unspecified atom stereocenters. The minimum atomic E-state index is -0.921. The van der Waals surface area contributed by atoms with Crippen molar-refractivity contribution in [2.24, 2.45) is 10.9 Å². The molecule has 0 aliphatic carbocycles. The van der Waals surface area contributed by atoms with Crippen LogP contribution in [-0.2, 0) is 9.59 Å². The van der Waals surface area contributed by atoms with Crippen molar-refractivity contribution in [2.45, 2.75) is 12.8 Å². The molecule has 4 N–H and O–H groups in total. The Balaban J connectivity index is 2.94. The van der Waals surface area contributed by atoms with Crippen molar-refractivity contribution >= 4 is 17.6 Å². The predicted molar refractivity (Wildman–Crippen MR) is 78.9 cm³/mol. The molecule has 7 nitrogen and oxygen atoms in total. The first-order chi connectivity index (χ1) is 10.0. The molecule has 1 aromatic rings. The molecule has 0 spiro atoms. The van der Waals surface area contributed by atoms with Gasteiger partial charge in [-0.1, -0.05) is 35.5 Å². The molecule has 0 bridgehead atoms. The van der Waals surface area contributed by atoms with Crippen molar-refractivity contribution in [3.63, 3.8) is 0 Å². The Morgan fingerprint density at radius 2 is 2.00 bits per heavy atom. The largest absolute Gasteiger partial charge is 0.409 e. The van der Waals surface area contributed by atoms with E-state index in [4.69, 9.17) is 10.9 Å². The van der Waals surface area contributed by atoms with Crippen molar-refractivity contribution in [1.29, 1.82) is 0 Å². The molecule has 21 heavy (non-hydrogen) atoms. The van der Waals surface area contributed by atoms with Gasteiger partial charge in [-0.3, -0.25) is 9.59 Å². The van der Waals surface area contributed by atoms with Crippen molar-refractivity contribution < 1.29 is 14.8 Å². The lowest BCUT2D eigenvalue weighted by Gasteiger charge is -2.22. The van der Waals surface area contributed by atoms with Crippen molar-refractivity contribution in [3.05, 3.63) is 35.9 Å². The summed E-state index contributed by atoms with van der Waals surface area (Å²) in [5.41, 5.74) is 6.23. The maximum absolute atomic E-state index is 12.5. The van der Waals surface area contributed by atoms with Crippen LogP contribution in [0.15, 0.2) is 35.5 Å². The maximum Gasteiger partial charge on any atom is 0.239 e. The van der Waals surface area contributed by atoms with Crippen LogP contribution >= 0.6 is 0 Å². The van der Waals surface area contributed by atoms with Gasteiger partial charge in [-0.15, -0.1) is 0 Å². The summed E-state index contributed by atoms with van der Waals surface area (Å²) in [6, 6.07) is 8.73. The van der Waals surface area contributed by atoms with Gasteiger partial charge in [0.15, 0.2) is 5.84 Å². The SMILES string of the molecule is CCNC(=O)CN(C)C(=O)C(C(N)=NO)c1ccccc1. The second-order valence-corrected chi connectivity index (χ2v) is 4.52. The van der Waals surface area contributed by atoms with Crippen LogP contribution in [-0.4, -0.2) is 47.9 Å². The van der Waals surface area contributed by atoms with Gasteiger partial charge in [-0.25, -0.2) is 0 Å². The quantitative estimate of drug-likeness (QED) is 0.299. The van der Waals surface area contributed by atoms with E-state index in [1.54, 1.807) is 37.3 Å². The Morgan fingerprint density at radius 1 is 1.38 bits per heavy atom. The third-order valence-corrected chi connectivity index (χ3v) is 2.92. The highest BCUT2D eigenvalue weighted by Crippen LogP contribution is 2.18. The van der Waals surface area contributed by atoms with Gasteiger partial charge in [0.25, 0.3) is 0 Å². The summed E-state index contributed by atoms with van der Waals surface area (Å²) in [4.78, 5) is 25.2. The third kappa shape index (κ3) is 4.48. The number of benzene rings is 1. The highest BCUT2D eigenvalue weighted by Gasteiger charge is 2.28. The Morgan fingerprint density at radius 3 is 2.52 bits per heavy atom. The topological polar surface area (TPSA) is 108 Å². The first-order valence-corrected chi connectivity index (χ1v) is 6.55. The van der Waals surface area contributed by atoms with E-state index >= 15 is 0 Å². The van der Waals surface area contributed by atoms with E-state index in [0.29, 0.717) is 12.1 Å². The van der Waals surface area contributed by atoms with Gasteiger partial charge < -0.3 is 21.2 Å². The molecule has 2 amide bonds. The second kappa shape index (κ2) is 7.88. The molecule has 7 heteroatoms. The number of nitrogens with zero attached hydrogens (tertiary/aromatic N) is 2. The fourth-order valence-corrected chi connectivity index (χ4v) is 1.91. The number of likely N-dealkylation sites (N-methyl/N-ethyl adjacent to an activating group) is 2. The molecule has 0 aromatic heterocycles. The number of nitrogens with two attached hydrogens (primary N) is 1. The summed E-state index contributed by atoms with van der Waals surface area (Å²) in [5.74, 6) is -1.81. The van der Waals surface area contributed by atoms with Gasteiger partial charge in [0.1, 0.15) is 5.92 Å². The molecule has 0 fully saturated rings. The number of amides is 2. The zero-order chi connectivity index (χ0) is 15.8. The van der Waals surface area contributed by atoms with Crippen LogP contribution < -0.4 is 11.1 Å². The fraction of sp³-hybridized carbons (Fsp3) is 0.357. The van der Waals surface area contributed by atoms with Crippen LogP contribution in [0, 0.1) is 0 Å². The van der Waals surface area contributed by atoms with E-state index in [1.165, 1.54) is 11.9 Å². The van der Waals surface area contributed by atoms with E-state index in [0.717, 1.165) is 0 Å². The lowest BCUT2D eigenvalue weighted by Crippen LogP contribution is -2.43. The standard InChI is InChI=1S/C14H20N4O3/c1-3-16-11(19)9-18(2)14(20)12(13(15)17-21)10-7-5-4-6-8-10/h4-8,12,21H,3,9H2,1-2H3,(H2,15,17)(H,16,19). The first-order valence-electron chi connectivity index (χ1n) is 6.55. The minimum absolute atomic E-state index is 0.0886. The second-order valence-electron chi connectivity index (χ2n) is 4.52. The monoisotopic (exact) mass is 292 g/mol. The third-order valence-electron chi connectivity index (χ3n) is 2.92. The number of hydrogen-bond acceptors (Lipinski definition) is 4. The molecule has 0 saturated carbocycles. The summed E-state index contributed by atoms with van der Waals surface area (Å²) in [6.07, 6.45) is 0. The summed E-state index contributed by atoms with van der Waals surface area (Å²) in [7, 11) is 1.50. The average molecular weight is 292 g/mol. The summed E-state index contributed by atoms with van der Waals surface area (Å²) in [6.45, 7) is 2.20. The van der Waals surface area contributed by atoms with E-state index < -0.39 is 11.8 Å². The molecule has 1 atom stereocenters. The van der Waals surface area contributed by atoms with Crippen LogP contribution in [0.1, 0.15) is 18.4 Å². The van der Waals surface area contributed by atoms with Crippen LogP contribution in [0.4, 0.5) is 0 Å². The van der Waals surface area contributed by atoms with Gasteiger partial charge in [-0.05, 0) is 12.5 Å². The fourth-order valence-electron chi connectivity index (χ4n) is 1.91. The molecule has 0 aliphatic rings. The molecule has 0 radical (unpaired) electrons. The summed E-state index contributed by atoms with van der Waals surface area (Å²) >= 11 is 0. The lowest BCUT2D eigenvalue weighted by molar-refractivity contribution is -0.134. The highest BCUT2D eigenvalue weighted by atomic mass is 16.4. The van der Waals surface area contributed by atoms with Gasteiger partial charge in [-0.2, -0.15) is 0 Å². The zero-order valence-electron chi connectivity index (χ0n) is 12.1. The number of hydrogen-bond donors (Lipinski definition) is 3. The van der Waals surface area contributed by atoms with Crippen LogP contribution in [0.3, 0.4) is 0 Å². The molecule has 1 rings (SSSR count). The van der Waals surface area contributed by atoms with E-state index in [1.807, 2.05) is 0 Å². The van der Waals surface area contributed by atoms with E-state index in [2.05, 4.69) is 10.5 Å². The molecule has 114 valence electrons. The van der Waals surface area contributed by atoms with Crippen molar-refractivity contribution in [1.82, 2.24) is 10.2 Å². The Hall–Kier alpha value is -2.57. The first kappa shape index (κ1) is 16.5. The number of carbonyl (C=O) groups is 2. The van der Waals surface area contributed by atoms with Crippen LogP contribution in [0.2, 0.25) is 0 Å².